The van der Waals surface area contributed by atoms with Crippen LogP contribution >= 0.6 is 11.6 Å². The van der Waals surface area contributed by atoms with Crippen molar-refractivity contribution in [2.24, 2.45) is 0 Å². The first-order valence-electron chi connectivity index (χ1n) is 5.04. The Kier molecular flexibility index (Phi) is 1.52. The first kappa shape index (κ1) is 7.87. The van der Waals surface area contributed by atoms with E-state index < -0.39 is 0 Å². The number of halogens is 1. The Labute approximate surface area is 83.9 Å². The third kappa shape index (κ3) is 0.826. The highest BCUT2D eigenvalue weighted by molar-refractivity contribution is 6.17. The van der Waals surface area contributed by atoms with Crippen molar-refractivity contribution in [2.75, 3.05) is 0 Å². The summed E-state index contributed by atoms with van der Waals surface area (Å²) in [5.41, 5.74) is 9.48. The third-order valence-electron chi connectivity index (χ3n) is 3.75. The van der Waals surface area contributed by atoms with E-state index >= 15 is 0 Å². The second-order valence-electron chi connectivity index (χ2n) is 4.15. The van der Waals surface area contributed by atoms with Gasteiger partial charge in [0.25, 0.3) is 0 Å². The van der Waals surface area contributed by atoms with Crippen LogP contribution in [0.1, 0.15) is 33.4 Å². The van der Waals surface area contributed by atoms with Crippen LogP contribution in [0.3, 0.4) is 0 Å². The molecule has 0 fully saturated rings. The summed E-state index contributed by atoms with van der Waals surface area (Å²) in [4.78, 5) is 0. The van der Waals surface area contributed by atoms with Gasteiger partial charge in [0.05, 0.1) is 0 Å². The lowest BCUT2D eigenvalue weighted by molar-refractivity contribution is 0.740. The van der Waals surface area contributed by atoms with Crippen molar-refractivity contribution in [1.29, 1.82) is 0 Å². The Morgan fingerprint density at radius 1 is 0.923 bits per heavy atom. The van der Waals surface area contributed by atoms with Crippen molar-refractivity contribution in [1.82, 2.24) is 0 Å². The molecule has 0 aromatic heterocycles. The van der Waals surface area contributed by atoms with Crippen LogP contribution < -0.4 is 0 Å². The average Bonchev–Trinajstić information content (AvgIpc) is 1.96. The van der Waals surface area contributed by atoms with Crippen LogP contribution in [0, 0.1) is 6.92 Å². The molecule has 2 aliphatic carbocycles. The maximum absolute atomic E-state index is 6.00. The van der Waals surface area contributed by atoms with Crippen molar-refractivity contribution in [3.05, 3.63) is 33.4 Å². The van der Waals surface area contributed by atoms with Gasteiger partial charge in [0.15, 0.2) is 0 Å². The smallest absolute Gasteiger partial charge is 0.0479 e. The van der Waals surface area contributed by atoms with Crippen molar-refractivity contribution < 1.29 is 0 Å². The molecule has 0 heterocycles. The molecule has 0 saturated heterocycles. The second-order valence-corrected chi connectivity index (χ2v) is 4.42. The molecule has 0 amide bonds. The van der Waals surface area contributed by atoms with Crippen LogP contribution in [-0.4, -0.2) is 0 Å². The van der Waals surface area contributed by atoms with E-state index in [2.05, 4.69) is 6.92 Å². The topological polar surface area (TPSA) is 0 Å². The van der Waals surface area contributed by atoms with Crippen LogP contribution in [0.25, 0.3) is 0 Å². The molecular weight excluding hydrogens is 180 g/mol. The molecular formula is C12H13Cl. The lowest BCUT2D eigenvalue weighted by Crippen LogP contribution is -2.23. The Morgan fingerprint density at radius 2 is 1.38 bits per heavy atom. The van der Waals surface area contributed by atoms with Gasteiger partial charge in [-0.1, -0.05) is 0 Å². The van der Waals surface area contributed by atoms with E-state index in [1.54, 1.807) is 27.8 Å². The predicted molar refractivity (Wildman–Crippen MR) is 55.6 cm³/mol. The van der Waals surface area contributed by atoms with Gasteiger partial charge in [-0.25, -0.2) is 0 Å². The van der Waals surface area contributed by atoms with Gasteiger partial charge in [0, 0.05) is 5.88 Å². The van der Waals surface area contributed by atoms with Crippen LogP contribution in [-0.2, 0) is 31.6 Å². The summed E-state index contributed by atoms with van der Waals surface area (Å²) in [6, 6.07) is 0. The van der Waals surface area contributed by atoms with Gasteiger partial charge in [-0.2, -0.15) is 0 Å². The number of rotatable bonds is 1. The van der Waals surface area contributed by atoms with Crippen molar-refractivity contribution in [2.45, 2.75) is 38.5 Å². The number of hydrogen-bond acceptors (Lipinski definition) is 0. The minimum atomic E-state index is 0.727. The van der Waals surface area contributed by atoms with E-state index in [1.165, 1.54) is 31.2 Å². The highest BCUT2D eigenvalue weighted by atomic mass is 35.5. The fourth-order valence-corrected chi connectivity index (χ4v) is 3.09. The number of hydrogen-bond donors (Lipinski definition) is 0. The quantitative estimate of drug-likeness (QED) is 0.601. The molecule has 1 aromatic carbocycles. The van der Waals surface area contributed by atoms with Crippen LogP contribution in [0.5, 0.6) is 0 Å². The summed E-state index contributed by atoms with van der Waals surface area (Å²) in [6.07, 6.45) is 5.12. The minimum absolute atomic E-state index is 0.727. The highest BCUT2D eigenvalue weighted by Crippen LogP contribution is 2.40. The molecule has 0 unspecified atom stereocenters. The molecule has 0 radical (unpaired) electrons. The SMILES string of the molecule is Cc1c2c(c(CCl)c3c1CC3)CC2. The second kappa shape index (κ2) is 2.51. The molecule has 0 spiro atoms. The largest absolute Gasteiger partial charge is 0.122 e. The Morgan fingerprint density at radius 3 is 1.69 bits per heavy atom. The van der Waals surface area contributed by atoms with Gasteiger partial charge in [-0.3, -0.25) is 0 Å². The third-order valence-corrected chi connectivity index (χ3v) is 4.01. The predicted octanol–water partition coefficient (Wildman–Crippen LogP) is 2.93. The summed E-state index contributed by atoms with van der Waals surface area (Å²) in [5, 5.41) is 0. The lowest BCUT2D eigenvalue weighted by atomic mass is 9.71. The molecule has 0 nitrogen and oxygen atoms in total. The van der Waals surface area contributed by atoms with Gasteiger partial charge in [0.2, 0.25) is 0 Å². The molecule has 0 aliphatic heterocycles. The molecule has 2 aliphatic rings. The van der Waals surface area contributed by atoms with Crippen LogP contribution in [0.4, 0.5) is 0 Å². The Hall–Kier alpha value is -0.490. The van der Waals surface area contributed by atoms with Crippen molar-refractivity contribution in [3.63, 3.8) is 0 Å². The first-order chi connectivity index (χ1) is 6.33. The van der Waals surface area contributed by atoms with Gasteiger partial charge in [-0.15, -0.1) is 11.6 Å². The fraction of sp³-hybridized carbons (Fsp3) is 0.500. The Balaban J connectivity index is 2.32. The van der Waals surface area contributed by atoms with E-state index in [-0.39, 0.29) is 0 Å². The van der Waals surface area contributed by atoms with Crippen molar-refractivity contribution in [3.8, 4) is 0 Å². The zero-order valence-electron chi connectivity index (χ0n) is 7.91. The zero-order valence-corrected chi connectivity index (χ0v) is 8.67. The van der Waals surface area contributed by atoms with E-state index in [9.17, 15) is 0 Å². The lowest BCUT2D eigenvalue weighted by Gasteiger charge is -2.34. The Bertz CT molecular complexity index is 358. The van der Waals surface area contributed by atoms with E-state index in [0.29, 0.717) is 0 Å². The molecule has 68 valence electrons. The molecule has 0 N–H and O–H groups in total. The summed E-state index contributed by atoms with van der Waals surface area (Å²) in [5.74, 6) is 0.727. The maximum Gasteiger partial charge on any atom is 0.0479 e. The van der Waals surface area contributed by atoms with E-state index in [1.807, 2.05) is 0 Å². The number of alkyl halides is 1. The normalized spacial score (nSPS) is 17.1. The van der Waals surface area contributed by atoms with Crippen LogP contribution in [0.2, 0.25) is 0 Å². The molecule has 13 heavy (non-hydrogen) atoms. The number of benzene rings is 1. The fourth-order valence-electron chi connectivity index (χ4n) is 2.77. The molecule has 0 saturated carbocycles. The van der Waals surface area contributed by atoms with Gasteiger partial charge in [-0.05, 0) is 66.0 Å². The summed E-state index contributed by atoms with van der Waals surface area (Å²) >= 11 is 6.00. The maximum atomic E-state index is 6.00. The van der Waals surface area contributed by atoms with E-state index in [4.69, 9.17) is 11.6 Å². The van der Waals surface area contributed by atoms with Crippen LogP contribution in [0.15, 0.2) is 0 Å². The molecule has 0 atom stereocenters. The monoisotopic (exact) mass is 192 g/mol. The summed E-state index contributed by atoms with van der Waals surface area (Å²) in [7, 11) is 0. The minimum Gasteiger partial charge on any atom is -0.122 e. The van der Waals surface area contributed by atoms with Gasteiger partial charge >= 0.3 is 0 Å². The first-order valence-corrected chi connectivity index (χ1v) is 5.57. The van der Waals surface area contributed by atoms with Gasteiger partial charge in [0.1, 0.15) is 0 Å². The summed E-state index contributed by atoms with van der Waals surface area (Å²) in [6.45, 7) is 2.29. The number of fused-ring (bicyclic) bond motifs is 2. The molecule has 1 heteroatoms. The van der Waals surface area contributed by atoms with E-state index in [0.717, 1.165) is 5.88 Å². The summed E-state index contributed by atoms with van der Waals surface area (Å²) < 4.78 is 0. The molecule has 0 bridgehead atoms. The van der Waals surface area contributed by atoms with Gasteiger partial charge < -0.3 is 0 Å². The average molecular weight is 193 g/mol. The molecule has 3 rings (SSSR count). The highest BCUT2D eigenvalue weighted by Gasteiger charge is 2.29. The zero-order chi connectivity index (χ0) is 9.00. The standard InChI is InChI=1S/C12H13Cl/c1-7-8-2-4-10(8)12(6-13)11-5-3-9(7)11/h2-6H2,1H3. The van der Waals surface area contributed by atoms with Crippen molar-refractivity contribution >= 4 is 11.6 Å². The molecule has 1 aromatic rings.